The molecule has 0 bridgehead atoms. The SMILES string of the molecule is C=C1CCN2C(=O)C=CC2(O[Si](C)(C)C)C1. The van der Waals surface area contributed by atoms with Gasteiger partial charge < -0.3 is 9.33 Å². The number of carbonyl (C=O) groups excluding carboxylic acids is 1. The van der Waals surface area contributed by atoms with Gasteiger partial charge in [-0.15, -0.1) is 0 Å². The van der Waals surface area contributed by atoms with Gasteiger partial charge in [0.1, 0.15) is 0 Å². The summed E-state index contributed by atoms with van der Waals surface area (Å²) in [6, 6.07) is 0. The van der Waals surface area contributed by atoms with Crippen LogP contribution in [0.5, 0.6) is 0 Å². The molecule has 2 aliphatic rings. The molecule has 0 aromatic rings. The third kappa shape index (κ3) is 1.99. The first-order chi connectivity index (χ1) is 7.32. The van der Waals surface area contributed by atoms with Gasteiger partial charge in [-0.1, -0.05) is 12.2 Å². The summed E-state index contributed by atoms with van der Waals surface area (Å²) in [6.45, 7) is 11.2. The van der Waals surface area contributed by atoms with Crippen molar-refractivity contribution in [3.63, 3.8) is 0 Å². The van der Waals surface area contributed by atoms with Gasteiger partial charge in [-0.2, -0.15) is 0 Å². The van der Waals surface area contributed by atoms with Gasteiger partial charge in [0.2, 0.25) is 5.91 Å². The first-order valence-electron chi connectivity index (χ1n) is 5.70. The monoisotopic (exact) mass is 237 g/mol. The molecule has 0 radical (unpaired) electrons. The summed E-state index contributed by atoms with van der Waals surface area (Å²) in [4.78, 5) is 13.6. The third-order valence-electron chi connectivity index (χ3n) is 2.88. The lowest BCUT2D eigenvalue weighted by Gasteiger charge is -2.45. The molecule has 0 spiro atoms. The Labute approximate surface area is 97.9 Å². The van der Waals surface area contributed by atoms with Gasteiger partial charge in [0, 0.05) is 19.0 Å². The molecule has 3 nitrogen and oxygen atoms in total. The predicted octanol–water partition coefficient (Wildman–Crippen LogP) is 2.28. The van der Waals surface area contributed by atoms with E-state index in [9.17, 15) is 4.79 Å². The highest BCUT2D eigenvalue weighted by Gasteiger charge is 2.47. The molecular formula is C12H19NO2Si. The summed E-state index contributed by atoms with van der Waals surface area (Å²) in [6.07, 6.45) is 5.19. The standard InChI is InChI=1S/C12H19NO2Si/c1-10-6-8-13-11(14)5-7-12(13,9-10)15-16(2,3)4/h5,7H,1,6,8-9H2,2-4H3. The number of rotatable bonds is 2. The lowest BCUT2D eigenvalue weighted by molar-refractivity contribution is -0.140. The van der Waals surface area contributed by atoms with E-state index >= 15 is 0 Å². The van der Waals surface area contributed by atoms with Crippen molar-refractivity contribution < 1.29 is 9.22 Å². The Bertz CT molecular complexity index is 370. The highest BCUT2D eigenvalue weighted by atomic mass is 28.4. The van der Waals surface area contributed by atoms with Gasteiger partial charge in [0.05, 0.1) is 0 Å². The number of piperidine rings is 1. The van der Waals surface area contributed by atoms with Gasteiger partial charge in [0.25, 0.3) is 0 Å². The quantitative estimate of drug-likeness (QED) is 0.545. The molecule has 2 aliphatic heterocycles. The predicted molar refractivity (Wildman–Crippen MR) is 66.4 cm³/mol. The van der Waals surface area contributed by atoms with Gasteiger partial charge in [-0.05, 0) is 32.1 Å². The van der Waals surface area contributed by atoms with Crippen LogP contribution in [-0.4, -0.2) is 31.4 Å². The average molecular weight is 237 g/mol. The minimum absolute atomic E-state index is 0.0748. The van der Waals surface area contributed by atoms with Crippen molar-refractivity contribution in [1.29, 1.82) is 0 Å². The number of carbonyl (C=O) groups is 1. The Balaban J connectivity index is 2.29. The number of nitrogens with zero attached hydrogens (tertiary/aromatic N) is 1. The fraction of sp³-hybridized carbons (Fsp3) is 0.583. The molecule has 2 heterocycles. The molecule has 2 rings (SSSR count). The molecule has 0 aromatic heterocycles. The zero-order valence-electron chi connectivity index (χ0n) is 10.2. The summed E-state index contributed by atoms with van der Waals surface area (Å²) in [5, 5.41) is 0. The van der Waals surface area contributed by atoms with Crippen molar-refractivity contribution in [1.82, 2.24) is 4.90 Å². The van der Waals surface area contributed by atoms with E-state index in [-0.39, 0.29) is 5.91 Å². The first-order valence-corrected chi connectivity index (χ1v) is 9.11. The minimum atomic E-state index is -1.69. The van der Waals surface area contributed by atoms with Gasteiger partial charge in [0.15, 0.2) is 14.0 Å². The summed E-state index contributed by atoms with van der Waals surface area (Å²) < 4.78 is 6.23. The molecule has 1 atom stereocenters. The second kappa shape index (κ2) is 3.57. The number of fused-ring (bicyclic) bond motifs is 1. The molecule has 4 heteroatoms. The summed E-state index contributed by atoms with van der Waals surface area (Å²) in [5.74, 6) is 0.0748. The highest BCUT2D eigenvalue weighted by Crippen LogP contribution is 2.38. The molecule has 1 unspecified atom stereocenters. The van der Waals surface area contributed by atoms with Crippen molar-refractivity contribution in [3.05, 3.63) is 24.3 Å². The molecule has 1 fully saturated rings. The maximum Gasteiger partial charge on any atom is 0.248 e. The number of hydrogen-bond donors (Lipinski definition) is 0. The topological polar surface area (TPSA) is 29.5 Å². The van der Waals surface area contributed by atoms with E-state index < -0.39 is 14.0 Å². The summed E-state index contributed by atoms with van der Waals surface area (Å²) in [7, 11) is -1.69. The van der Waals surface area contributed by atoms with Crippen molar-refractivity contribution in [2.45, 2.75) is 38.2 Å². The lowest BCUT2D eigenvalue weighted by atomic mass is 9.96. The van der Waals surface area contributed by atoms with Crippen LogP contribution in [0.3, 0.4) is 0 Å². The van der Waals surface area contributed by atoms with E-state index in [4.69, 9.17) is 4.43 Å². The Morgan fingerprint density at radius 3 is 2.81 bits per heavy atom. The maximum atomic E-state index is 11.8. The number of amides is 1. The van der Waals surface area contributed by atoms with Crippen LogP contribution in [0.25, 0.3) is 0 Å². The fourth-order valence-electron chi connectivity index (χ4n) is 2.39. The van der Waals surface area contributed by atoms with Crippen LogP contribution in [0.2, 0.25) is 19.6 Å². The lowest BCUT2D eigenvalue weighted by Crippen LogP contribution is -2.55. The van der Waals surface area contributed by atoms with Crippen LogP contribution in [0, 0.1) is 0 Å². The molecule has 1 amide bonds. The molecule has 0 N–H and O–H groups in total. The van der Waals surface area contributed by atoms with Crippen LogP contribution in [0.4, 0.5) is 0 Å². The maximum absolute atomic E-state index is 11.8. The third-order valence-corrected chi connectivity index (χ3v) is 3.85. The molecule has 88 valence electrons. The zero-order chi connectivity index (χ0) is 12.0. The van der Waals surface area contributed by atoms with Crippen LogP contribution in [-0.2, 0) is 9.22 Å². The first kappa shape index (κ1) is 11.6. The van der Waals surface area contributed by atoms with Crippen LogP contribution >= 0.6 is 0 Å². The van der Waals surface area contributed by atoms with Crippen LogP contribution in [0.15, 0.2) is 24.3 Å². The van der Waals surface area contributed by atoms with E-state index in [0.29, 0.717) is 0 Å². The van der Waals surface area contributed by atoms with Crippen molar-refractivity contribution >= 4 is 14.2 Å². The molecule has 0 aliphatic carbocycles. The van der Waals surface area contributed by atoms with Gasteiger partial charge in [-0.25, -0.2) is 0 Å². The zero-order valence-corrected chi connectivity index (χ0v) is 11.2. The van der Waals surface area contributed by atoms with Crippen LogP contribution in [0.1, 0.15) is 12.8 Å². The van der Waals surface area contributed by atoms with Gasteiger partial charge in [-0.3, -0.25) is 4.79 Å². The van der Waals surface area contributed by atoms with Crippen molar-refractivity contribution in [2.24, 2.45) is 0 Å². The molecule has 1 saturated heterocycles. The molecular weight excluding hydrogens is 218 g/mol. The highest BCUT2D eigenvalue weighted by molar-refractivity contribution is 6.69. The van der Waals surface area contributed by atoms with Crippen molar-refractivity contribution in [2.75, 3.05) is 6.54 Å². The van der Waals surface area contributed by atoms with Gasteiger partial charge >= 0.3 is 0 Å². The summed E-state index contributed by atoms with van der Waals surface area (Å²) in [5.41, 5.74) is 0.658. The second-order valence-electron chi connectivity index (χ2n) is 5.56. The normalized spacial score (nSPS) is 29.8. The Morgan fingerprint density at radius 2 is 2.19 bits per heavy atom. The molecule has 0 saturated carbocycles. The number of hydrogen-bond acceptors (Lipinski definition) is 2. The smallest absolute Gasteiger partial charge is 0.248 e. The Kier molecular flexibility index (Phi) is 2.59. The van der Waals surface area contributed by atoms with Crippen LogP contribution < -0.4 is 0 Å². The Hall–Kier alpha value is -0.873. The molecule has 0 aromatic carbocycles. The van der Waals surface area contributed by atoms with Crippen molar-refractivity contribution in [3.8, 4) is 0 Å². The largest absolute Gasteiger partial charge is 0.392 e. The Morgan fingerprint density at radius 1 is 1.50 bits per heavy atom. The second-order valence-corrected chi connectivity index (χ2v) is 9.99. The summed E-state index contributed by atoms with van der Waals surface area (Å²) >= 11 is 0. The van der Waals surface area contributed by atoms with E-state index in [2.05, 4.69) is 26.2 Å². The average Bonchev–Trinajstić information content (AvgIpc) is 2.39. The minimum Gasteiger partial charge on any atom is -0.392 e. The fourth-order valence-corrected chi connectivity index (χ4v) is 3.70. The molecule has 16 heavy (non-hydrogen) atoms. The van der Waals surface area contributed by atoms with E-state index in [1.807, 2.05) is 11.0 Å². The van der Waals surface area contributed by atoms with E-state index in [0.717, 1.165) is 19.4 Å². The van der Waals surface area contributed by atoms with E-state index in [1.165, 1.54) is 5.57 Å². The van der Waals surface area contributed by atoms with E-state index in [1.54, 1.807) is 6.08 Å².